The molecule has 0 unspecified atom stereocenters. The zero-order valence-electron chi connectivity index (χ0n) is 12.3. The predicted octanol–water partition coefficient (Wildman–Crippen LogP) is 4.64. The van der Waals surface area contributed by atoms with Crippen LogP contribution in [0.1, 0.15) is 25.7 Å². The third kappa shape index (κ3) is 4.51. The van der Waals surface area contributed by atoms with Gasteiger partial charge in [0.1, 0.15) is 0 Å². The standard InChI is InChI=1S/C16H23OSi.Zr/c1-18(2,3)17-13-7-11-15-10-6-12-16(15)14-8-4-5-9-14;/h4-5,8,12H,6-7,9,11,13H2,1-3H3;. The molecule has 0 bridgehead atoms. The van der Waals surface area contributed by atoms with Gasteiger partial charge in [0.25, 0.3) is 0 Å². The van der Waals surface area contributed by atoms with Crippen molar-refractivity contribution >= 4 is 8.32 Å². The molecular weight excluding hydrogens is 327 g/mol. The number of allylic oxidation sites excluding steroid dienone is 8. The summed E-state index contributed by atoms with van der Waals surface area (Å²) in [4.78, 5) is 0. The SMILES string of the molecule is C[Si](C)(C)OCCCC1=[C]([Zr])CC=C1C1=CC=CC1. The Hall–Kier alpha value is 0.0200. The molecule has 101 valence electrons. The number of hydrogen-bond acceptors (Lipinski definition) is 1. The first-order valence-electron chi connectivity index (χ1n) is 7.11. The molecule has 0 spiro atoms. The van der Waals surface area contributed by atoms with E-state index in [0.717, 1.165) is 19.4 Å². The van der Waals surface area contributed by atoms with E-state index >= 15 is 0 Å². The summed E-state index contributed by atoms with van der Waals surface area (Å²) < 4.78 is 7.60. The molecule has 0 radical (unpaired) electrons. The molecule has 0 amide bonds. The van der Waals surface area contributed by atoms with Gasteiger partial charge in [-0.2, -0.15) is 0 Å². The van der Waals surface area contributed by atoms with Gasteiger partial charge in [-0.1, -0.05) is 0 Å². The van der Waals surface area contributed by atoms with Crippen LogP contribution in [0.3, 0.4) is 0 Å². The average Bonchev–Trinajstić information content (AvgIpc) is 2.93. The Balaban J connectivity index is 1.88. The van der Waals surface area contributed by atoms with E-state index in [2.05, 4.69) is 43.9 Å². The number of rotatable bonds is 6. The van der Waals surface area contributed by atoms with Crippen LogP contribution < -0.4 is 0 Å². The van der Waals surface area contributed by atoms with E-state index in [4.69, 9.17) is 4.43 Å². The van der Waals surface area contributed by atoms with Crippen LogP contribution in [0.25, 0.3) is 0 Å². The minimum absolute atomic E-state index is 0.924. The Labute approximate surface area is 133 Å². The molecule has 3 heteroatoms. The van der Waals surface area contributed by atoms with Gasteiger partial charge < -0.3 is 0 Å². The maximum atomic E-state index is 5.96. The molecule has 2 aliphatic rings. The summed E-state index contributed by atoms with van der Waals surface area (Å²) in [5.41, 5.74) is 4.66. The van der Waals surface area contributed by atoms with Crippen LogP contribution in [0.5, 0.6) is 0 Å². The Morgan fingerprint density at radius 1 is 1.26 bits per heavy atom. The van der Waals surface area contributed by atoms with Crippen LogP contribution in [0.4, 0.5) is 0 Å². The van der Waals surface area contributed by atoms with Crippen molar-refractivity contribution in [2.45, 2.75) is 45.3 Å². The average molecular weight is 351 g/mol. The van der Waals surface area contributed by atoms with Gasteiger partial charge in [0, 0.05) is 0 Å². The summed E-state index contributed by atoms with van der Waals surface area (Å²) >= 11 is 1.58. The van der Waals surface area contributed by atoms with Gasteiger partial charge in [-0.15, -0.1) is 0 Å². The van der Waals surface area contributed by atoms with E-state index in [1.807, 2.05) is 0 Å². The minimum atomic E-state index is -1.34. The molecule has 0 aromatic rings. The van der Waals surface area contributed by atoms with E-state index in [-0.39, 0.29) is 0 Å². The first-order valence-corrected chi connectivity index (χ1v) is 11.8. The second-order valence-electron chi connectivity index (χ2n) is 6.17. The van der Waals surface area contributed by atoms with E-state index in [1.54, 1.807) is 33.6 Å². The van der Waals surface area contributed by atoms with E-state index in [9.17, 15) is 0 Å². The zero-order valence-corrected chi connectivity index (χ0v) is 15.7. The third-order valence-electron chi connectivity index (χ3n) is 3.42. The van der Waals surface area contributed by atoms with Crippen molar-refractivity contribution in [3.05, 3.63) is 44.3 Å². The topological polar surface area (TPSA) is 9.23 Å². The van der Waals surface area contributed by atoms with Gasteiger partial charge in [0.2, 0.25) is 0 Å². The van der Waals surface area contributed by atoms with Crippen molar-refractivity contribution in [2.75, 3.05) is 6.61 Å². The second-order valence-corrected chi connectivity index (χ2v) is 12.2. The van der Waals surface area contributed by atoms with Gasteiger partial charge in [-0.3, -0.25) is 0 Å². The molecule has 19 heavy (non-hydrogen) atoms. The molecule has 0 saturated heterocycles. The molecular formula is C16H23OSiZr. The van der Waals surface area contributed by atoms with Crippen LogP contribution in [0.2, 0.25) is 19.6 Å². The van der Waals surface area contributed by atoms with Crippen LogP contribution in [-0.4, -0.2) is 14.9 Å². The molecule has 0 saturated carbocycles. The first-order chi connectivity index (χ1) is 8.97. The fourth-order valence-corrected chi connectivity index (χ4v) is 4.14. The molecule has 0 aromatic heterocycles. The summed E-state index contributed by atoms with van der Waals surface area (Å²) in [5.74, 6) is 0. The zero-order chi connectivity index (χ0) is 13.9. The van der Waals surface area contributed by atoms with E-state index in [1.165, 1.54) is 24.0 Å². The molecule has 0 atom stereocenters. The molecule has 0 aliphatic heterocycles. The predicted molar refractivity (Wildman–Crippen MR) is 80.1 cm³/mol. The van der Waals surface area contributed by atoms with Crippen LogP contribution in [-0.2, 0) is 29.1 Å². The Kier molecular flexibility index (Phi) is 5.39. The maximum absolute atomic E-state index is 5.96. The quantitative estimate of drug-likeness (QED) is 0.501. The Morgan fingerprint density at radius 3 is 2.68 bits per heavy atom. The molecule has 0 fully saturated rings. The van der Waals surface area contributed by atoms with Crippen molar-refractivity contribution < 1.29 is 29.1 Å². The molecule has 0 aromatic carbocycles. The second kappa shape index (κ2) is 6.65. The fraction of sp³-hybridized carbons (Fsp3) is 0.500. The Bertz CT molecular complexity index is 464. The summed E-state index contributed by atoms with van der Waals surface area (Å²) in [5, 5.41) is 0. The summed E-state index contributed by atoms with van der Waals surface area (Å²) in [6, 6.07) is 0. The summed E-state index contributed by atoms with van der Waals surface area (Å²) in [6.45, 7) is 7.71. The Morgan fingerprint density at radius 2 is 2.05 bits per heavy atom. The molecule has 1 nitrogen and oxygen atoms in total. The van der Waals surface area contributed by atoms with Crippen LogP contribution in [0.15, 0.2) is 44.3 Å². The van der Waals surface area contributed by atoms with Gasteiger partial charge >= 0.3 is 134 Å². The monoisotopic (exact) mass is 349 g/mol. The van der Waals surface area contributed by atoms with Gasteiger partial charge in [0.15, 0.2) is 0 Å². The normalized spacial score (nSPS) is 19.1. The van der Waals surface area contributed by atoms with E-state index in [0.29, 0.717) is 0 Å². The molecule has 2 rings (SSSR count). The van der Waals surface area contributed by atoms with Gasteiger partial charge in [0.05, 0.1) is 0 Å². The van der Waals surface area contributed by atoms with Crippen molar-refractivity contribution in [3.8, 4) is 0 Å². The van der Waals surface area contributed by atoms with Gasteiger partial charge in [-0.25, -0.2) is 0 Å². The molecule has 2 aliphatic carbocycles. The third-order valence-corrected chi connectivity index (χ3v) is 5.74. The first kappa shape index (κ1) is 15.4. The molecule has 0 heterocycles. The van der Waals surface area contributed by atoms with E-state index < -0.39 is 8.32 Å². The van der Waals surface area contributed by atoms with Gasteiger partial charge in [-0.05, 0) is 0 Å². The van der Waals surface area contributed by atoms with Crippen LogP contribution >= 0.6 is 0 Å². The van der Waals surface area contributed by atoms with Crippen molar-refractivity contribution in [2.24, 2.45) is 0 Å². The molecule has 0 N–H and O–H groups in total. The van der Waals surface area contributed by atoms with Crippen molar-refractivity contribution in [1.29, 1.82) is 0 Å². The summed E-state index contributed by atoms with van der Waals surface area (Å²) in [6.07, 6.45) is 13.8. The van der Waals surface area contributed by atoms with Crippen molar-refractivity contribution in [3.63, 3.8) is 0 Å². The fourth-order valence-electron chi connectivity index (χ4n) is 2.50. The van der Waals surface area contributed by atoms with Crippen molar-refractivity contribution in [1.82, 2.24) is 0 Å². The van der Waals surface area contributed by atoms with Crippen LogP contribution in [0, 0.1) is 0 Å². The number of hydrogen-bond donors (Lipinski definition) is 0. The summed E-state index contributed by atoms with van der Waals surface area (Å²) in [7, 11) is -1.34.